The molecule has 0 saturated carbocycles. The second-order valence-corrected chi connectivity index (χ2v) is 14.6. The zero-order chi connectivity index (χ0) is 36.2. The SMILES string of the molecule is OCc1cc(NCc2ccccc2Sc2ccc(Cl)c(Cl)c2)ccc1O.OCc1cc(NCc2ccccc2Sc2cccc(Cl)c2)ccc1O. The summed E-state index contributed by atoms with van der Waals surface area (Å²) in [6, 6.07) is 39.9. The molecule has 6 nitrogen and oxygen atoms in total. The third-order valence-electron chi connectivity index (χ3n) is 7.55. The second-order valence-electron chi connectivity index (χ2n) is 11.2. The maximum atomic E-state index is 9.66. The molecule has 6 rings (SSSR count). The third kappa shape index (κ3) is 11.2. The van der Waals surface area contributed by atoms with Crippen molar-refractivity contribution in [2.45, 2.75) is 45.9 Å². The van der Waals surface area contributed by atoms with Crippen molar-refractivity contribution in [1.82, 2.24) is 0 Å². The van der Waals surface area contributed by atoms with E-state index in [4.69, 9.17) is 34.8 Å². The van der Waals surface area contributed by atoms with Crippen LogP contribution in [0.4, 0.5) is 11.4 Å². The molecule has 0 radical (unpaired) electrons. The van der Waals surface area contributed by atoms with Gasteiger partial charge >= 0.3 is 0 Å². The molecule has 0 atom stereocenters. The Labute approximate surface area is 321 Å². The third-order valence-corrected chi connectivity index (χ3v) is 10.7. The summed E-state index contributed by atoms with van der Waals surface area (Å²) in [6.07, 6.45) is 0. The van der Waals surface area contributed by atoms with Crippen LogP contribution in [0.2, 0.25) is 15.1 Å². The Morgan fingerprint density at radius 3 is 1.47 bits per heavy atom. The van der Waals surface area contributed by atoms with Gasteiger partial charge in [-0.3, -0.25) is 0 Å². The number of aliphatic hydroxyl groups excluding tert-OH is 2. The van der Waals surface area contributed by atoms with Crippen LogP contribution in [0.5, 0.6) is 11.5 Å². The highest BCUT2D eigenvalue weighted by Gasteiger charge is 2.09. The molecule has 0 aliphatic rings. The molecule has 262 valence electrons. The summed E-state index contributed by atoms with van der Waals surface area (Å²) in [5.74, 6) is 0.193. The number of halogens is 3. The quantitative estimate of drug-likeness (QED) is 0.0683. The van der Waals surface area contributed by atoms with Gasteiger partial charge < -0.3 is 31.1 Å². The van der Waals surface area contributed by atoms with Crippen LogP contribution in [-0.4, -0.2) is 20.4 Å². The Hall–Kier alpha value is -3.99. The molecular weight excluding hydrogens is 743 g/mol. The average molecular weight is 778 g/mol. The lowest BCUT2D eigenvalue weighted by atomic mass is 10.1. The lowest BCUT2D eigenvalue weighted by molar-refractivity contribution is 0.275. The lowest BCUT2D eigenvalue weighted by Gasteiger charge is -2.12. The minimum Gasteiger partial charge on any atom is -0.508 e. The summed E-state index contributed by atoms with van der Waals surface area (Å²) in [5, 5.41) is 46.3. The van der Waals surface area contributed by atoms with Gasteiger partial charge in [0.25, 0.3) is 0 Å². The molecule has 0 aromatic heterocycles. The van der Waals surface area contributed by atoms with Gasteiger partial charge in [-0.2, -0.15) is 0 Å². The van der Waals surface area contributed by atoms with Gasteiger partial charge in [-0.15, -0.1) is 0 Å². The van der Waals surface area contributed by atoms with Crippen molar-refractivity contribution in [1.29, 1.82) is 0 Å². The van der Waals surface area contributed by atoms with E-state index in [0.717, 1.165) is 47.1 Å². The fraction of sp³-hybridized carbons (Fsp3) is 0.100. The number of anilines is 2. The lowest BCUT2D eigenvalue weighted by Crippen LogP contribution is -2.01. The molecule has 6 N–H and O–H groups in total. The molecule has 0 heterocycles. The van der Waals surface area contributed by atoms with E-state index in [1.807, 2.05) is 60.7 Å². The topological polar surface area (TPSA) is 105 Å². The summed E-state index contributed by atoms with van der Waals surface area (Å²) in [4.78, 5) is 4.36. The number of benzene rings is 6. The Kier molecular flexibility index (Phi) is 14.3. The summed E-state index contributed by atoms with van der Waals surface area (Å²) in [7, 11) is 0. The van der Waals surface area contributed by atoms with E-state index in [2.05, 4.69) is 34.9 Å². The van der Waals surface area contributed by atoms with E-state index < -0.39 is 0 Å². The van der Waals surface area contributed by atoms with E-state index in [0.29, 0.717) is 34.3 Å². The predicted molar refractivity (Wildman–Crippen MR) is 212 cm³/mol. The van der Waals surface area contributed by atoms with Crippen LogP contribution in [0, 0.1) is 0 Å². The molecule has 0 bridgehead atoms. The normalized spacial score (nSPS) is 10.7. The van der Waals surface area contributed by atoms with Gasteiger partial charge in [0.1, 0.15) is 11.5 Å². The van der Waals surface area contributed by atoms with Crippen molar-refractivity contribution in [2.75, 3.05) is 10.6 Å². The van der Waals surface area contributed by atoms with Gasteiger partial charge in [0, 0.05) is 60.2 Å². The molecule has 11 heteroatoms. The first kappa shape index (κ1) is 38.2. The standard InChI is InChI=1S/C20H17Cl2NO2S.C20H18ClNO2S/c21-17-7-6-16(10-18(17)22)26-20-4-2-1-3-13(20)11-23-15-5-8-19(25)14(9-15)12-24;21-16-5-3-6-18(11-16)25-20-7-2-1-4-14(20)12-22-17-8-9-19(24)15(10-17)13-23/h1-10,23-25H,11-12H2;1-11,22-24H,12-13H2. The second kappa shape index (κ2) is 19.0. The van der Waals surface area contributed by atoms with Crippen molar-refractivity contribution in [3.63, 3.8) is 0 Å². The zero-order valence-corrected chi connectivity index (χ0v) is 31.1. The fourth-order valence-corrected chi connectivity index (χ4v) is 7.47. The minimum absolute atomic E-state index is 0.0913. The van der Waals surface area contributed by atoms with E-state index in [1.54, 1.807) is 66.0 Å². The number of hydrogen-bond acceptors (Lipinski definition) is 8. The highest BCUT2D eigenvalue weighted by atomic mass is 35.5. The Morgan fingerprint density at radius 2 is 0.980 bits per heavy atom. The van der Waals surface area contributed by atoms with Gasteiger partial charge in [0.15, 0.2) is 0 Å². The maximum Gasteiger partial charge on any atom is 0.121 e. The van der Waals surface area contributed by atoms with Gasteiger partial charge in [-0.1, -0.05) is 101 Å². The molecule has 0 amide bonds. The van der Waals surface area contributed by atoms with Crippen LogP contribution in [0.1, 0.15) is 22.3 Å². The number of aliphatic hydroxyl groups is 2. The van der Waals surface area contributed by atoms with Crippen molar-refractivity contribution >= 4 is 69.7 Å². The van der Waals surface area contributed by atoms with E-state index in [1.165, 1.54) is 0 Å². The van der Waals surface area contributed by atoms with Crippen LogP contribution >= 0.6 is 58.3 Å². The summed E-state index contributed by atoms with van der Waals surface area (Å²) >= 11 is 21.4. The zero-order valence-electron chi connectivity index (χ0n) is 27.2. The van der Waals surface area contributed by atoms with Crippen LogP contribution < -0.4 is 10.6 Å². The Morgan fingerprint density at radius 1 is 0.471 bits per heavy atom. The van der Waals surface area contributed by atoms with Crippen molar-refractivity contribution < 1.29 is 20.4 Å². The molecule has 0 unspecified atom stereocenters. The molecule has 6 aromatic carbocycles. The molecule has 0 spiro atoms. The Balaban J connectivity index is 0.000000198. The van der Waals surface area contributed by atoms with Gasteiger partial charge in [-0.05, 0) is 96.1 Å². The van der Waals surface area contributed by atoms with Crippen molar-refractivity contribution in [3.8, 4) is 11.5 Å². The monoisotopic (exact) mass is 776 g/mol. The molecular formula is C40H35Cl3N2O4S2. The predicted octanol–water partition coefficient (Wildman–Crippen LogP) is 11.3. The molecule has 0 aliphatic carbocycles. The van der Waals surface area contributed by atoms with E-state index >= 15 is 0 Å². The molecule has 0 fully saturated rings. The first-order chi connectivity index (χ1) is 24.7. The highest BCUT2D eigenvalue weighted by Crippen LogP contribution is 2.35. The summed E-state index contributed by atoms with van der Waals surface area (Å²) in [5.41, 5.74) is 4.97. The number of phenols is 2. The molecule has 0 saturated heterocycles. The van der Waals surface area contributed by atoms with Crippen LogP contribution in [0.25, 0.3) is 0 Å². The van der Waals surface area contributed by atoms with E-state index in [9.17, 15) is 20.4 Å². The van der Waals surface area contributed by atoms with Crippen LogP contribution in [0.15, 0.2) is 147 Å². The molecule has 0 aliphatic heterocycles. The first-order valence-corrected chi connectivity index (χ1v) is 18.5. The van der Waals surface area contributed by atoms with Crippen LogP contribution in [-0.2, 0) is 26.3 Å². The molecule has 51 heavy (non-hydrogen) atoms. The average Bonchev–Trinajstić information content (AvgIpc) is 3.14. The number of aromatic hydroxyl groups is 2. The number of rotatable bonds is 12. The maximum absolute atomic E-state index is 9.66. The highest BCUT2D eigenvalue weighted by molar-refractivity contribution is 7.99. The largest absolute Gasteiger partial charge is 0.508 e. The first-order valence-electron chi connectivity index (χ1n) is 15.8. The summed E-state index contributed by atoms with van der Waals surface area (Å²) < 4.78 is 0. The smallest absolute Gasteiger partial charge is 0.121 e. The van der Waals surface area contributed by atoms with Crippen molar-refractivity contribution in [3.05, 3.63) is 165 Å². The Bertz CT molecular complexity index is 2080. The number of nitrogens with one attached hydrogen (secondary N) is 2. The van der Waals surface area contributed by atoms with Gasteiger partial charge in [-0.25, -0.2) is 0 Å². The fourth-order valence-electron chi connectivity index (χ4n) is 4.86. The van der Waals surface area contributed by atoms with Gasteiger partial charge in [0.05, 0.1) is 23.3 Å². The minimum atomic E-state index is -0.203. The van der Waals surface area contributed by atoms with E-state index in [-0.39, 0.29) is 24.7 Å². The number of hydrogen-bond donors (Lipinski definition) is 6. The van der Waals surface area contributed by atoms with Gasteiger partial charge in [0.2, 0.25) is 0 Å². The van der Waals surface area contributed by atoms with Crippen molar-refractivity contribution in [2.24, 2.45) is 0 Å². The molecule has 6 aromatic rings. The van der Waals surface area contributed by atoms with Crippen LogP contribution in [0.3, 0.4) is 0 Å². The summed E-state index contributed by atoms with van der Waals surface area (Å²) in [6.45, 7) is 0.854.